The molecule has 1 aliphatic rings. The molecule has 0 saturated carbocycles. The first-order valence-corrected chi connectivity index (χ1v) is 7.30. The van der Waals surface area contributed by atoms with Crippen LogP contribution in [0.3, 0.4) is 0 Å². The summed E-state index contributed by atoms with van der Waals surface area (Å²) in [7, 11) is 0. The lowest BCUT2D eigenvalue weighted by atomic mass is 10.2. The normalized spacial score (nSPS) is 25.1. The van der Waals surface area contributed by atoms with E-state index in [9.17, 15) is 0 Å². The van der Waals surface area contributed by atoms with Crippen LogP contribution in [-0.4, -0.2) is 43.3 Å². The van der Waals surface area contributed by atoms with E-state index in [1.807, 2.05) is 0 Å². The quantitative estimate of drug-likeness (QED) is 0.925. The van der Waals surface area contributed by atoms with Gasteiger partial charge in [0, 0.05) is 36.3 Å². The number of ether oxygens (including phenoxy) is 1. The Morgan fingerprint density at radius 3 is 2.44 bits per heavy atom. The Labute approximate surface area is 118 Å². The Bertz CT molecular complexity index is 359. The molecule has 1 N–H and O–H groups in total. The zero-order valence-corrected chi connectivity index (χ0v) is 12.6. The Morgan fingerprint density at radius 1 is 1.22 bits per heavy atom. The van der Waals surface area contributed by atoms with Crippen molar-refractivity contribution >= 4 is 21.6 Å². The number of benzene rings is 1. The average molecular weight is 313 g/mol. The highest BCUT2D eigenvalue weighted by Gasteiger charge is 2.21. The summed E-state index contributed by atoms with van der Waals surface area (Å²) in [6, 6.07) is 8.30. The smallest absolute Gasteiger partial charge is 0.0678 e. The van der Waals surface area contributed by atoms with Crippen molar-refractivity contribution in [2.24, 2.45) is 0 Å². The maximum Gasteiger partial charge on any atom is 0.0678 e. The van der Waals surface area contributed by atoms with Crippen LogP contribution < -0.4 is 5.32 Å². The van der Waals surface area contributed by atoms with Gasteiger partial charge in [-0.05, 0) is 38.1 Å². The lowest BCUT2D eigenvalue weighted by Gasteiger charge is -2.35. The van der Waals surface area contributed by atoms with Gasteiger partial charge in [-0.2, -0.15) is 0 Å². The zero-order valence-electron chi connectivity index (χ0n) is 11.0. The van der Waals surface area contributed by atoms with Crippen LogP contribution in [0, 0.1) is 0 Å². The molecule has 1 saturated heterocycles. The molecule has 2 unspecified atom stereocenters. The largest absolute Gasteiger partial charge is 0.384 e. The standard InChI is InChI=1S/C14H21BrN2O/c1-11-9-17(10-12(2)18-11)8-7-16-14-5-3-13(15)4-6-14/h3-6,11-12,16H,7-10H2,1-2H3. The molecule has 0 amide bonds. The molecule has 0 aliphatic carbocycles. The Hall–Kier alpha value is -0.580. The first-order chi connectivity index (χ1) is 8.63. The third-order valence-corrected chi connectivity index (χ3v) is 3.63. The Morgan fingerprint density at radius 2 is 1.83 bits per heavy atom. The number of anilines is 1. The molecule has 4 heteroatoms. The molecule has 1 aromatic carbocycles. The second kappa shape index (κ2) is 6.55. The molecular formula is C14H21BrN2O. The van der Waals surface area contributed by atoms with Crippen molar-refractivity contribution in [3.8, 4) is 0 Å². The summed E-state index contributed by atoms with van der Waals surface area (Å²) < 4.78 is 6.84. The first-order valence-electron chi connectivity index (χ1n) is 6.51. The maximum atomic E-state index is 5.73. The van der Waals surface area contributed by atoms with Crippen molar-refractivity contribution in [2.45, 2.75) is 26.1 Å². The molecule has 100 valence electrons. The summed E-state index contributed by atoms with van der Waals surface area (Å²) in [5.41, 5.74) is 1.17. The highest BCUT2D eigenvalue weighted by Crippen LogP contribution is 2.14. The predicted molar refractivity (Wildman–Crippen MR) is 79.1 cm³/mol. The summed E-state index contributed by atoms with van der Waals surface area (Å²) in [6.45, 7) is 8.39. The van der Waals surface area contributed by atoms with Crippen LogP contribution >= 0.6 is 15.9 Å². The SMILES string of the molecule is CC1CN(CCNc2ccc(Br)cc2)CC(C)O1. The van der Waals surface area contributed by atoms with E-state index in [4.69, 9.17) is 4.74 Å². The summed E-state index contributed by atoms with van der Waals surface area (Å²) in [4.78, 5) is 2.46. The summed E-state index contributed by atoms with van der Waals surface area (Å²) in [5.74, 6) is 0. The number of nitrogens with zero attached hydrogens (tertiary/aromatic N) is 1. The van der Waals surface area contributed by atoms with Crippen molar-refractivity contribution in [1.29, 1.82) is 0 Å². The van der Waals surface area contributed by atoms with E-state index >= 15 is 0 Å². The molecule has 1 heterocycles. The predicted octanol–water partition coefficient (Wildman–Crippen LogP) is 2.97. The lowest BCUT2D eigenvalue weighted by Crippen LogP contribution is -2.46. The van der Waals surface area contributed by atoms with Crippen molar-refractivity contribution in [1.82, 2.24) is 4.90 Å². The zero-order chi connectivity index (χ0) is 13.0. The van der Waals surface area contributed by atoms with Crippen LogP contribution in [0.4, 0.5) is 5.69 Å². The highest BCUT2D eigenvalue weighted by molar-refractivity contribution is 9.10. The molecule has 3 nitrogen and oxygen atoms in total. The molecule has 2 atom stereocenters. The fourth-order valence-electron chi connectivity index (χ4n) is 2.39. The van der Waals surface area contributed by atoms with Gasteiger partial charge in [-0.1, -0.05) is 15.9 Å². The minimum atomic E-state index is 0.349. The number of hydrogen-bond donors (Lipinski definition) is 1. The van der Waals surface area contributed by atoms with Crippen LogP contribution in [0.25, 0.3) is 0 Å². The van der Waals surface area contributed by atoms with Crippen LogP contribution in [0.1, 0.15) is 13.8 Å². The van der Waals surface area contributed by atoms with Crippen LogP contribution in [0.15, 0.2) is 28.7 Å². The molecule has 1 fully saturated rings. The van der Waals surface area contributed by atoms with E-state index in [1.165, 1.54) is 5.69 Å². The molecular weight excluding hydrogens is 292 g/mol. The number of nitrogens with one attached hydrogen (secondary N) is 1. The minimum Gasteiger partial charge on any atom is -0.384 e. The summed E-state index contributed by atoms with van der Waals surface area (Å²) in [5, 5.41) is 3.45. The van der Waals surface area contributed by atoms with Gasteiger partial charge in [-0.25, -0.2) is 0 Å². The molecule has 0 radical (unpaired) electrons. The Kier molecular flexibility index (Phi) is 5.03. The van der Waals surface area contributed by atoms with Gasteiger partial charge in [0.05, 0.1) is 12.2 Å². The molecule has 18 heavy (non-hydrogen) atoms. The second-order valence-electron chi connectivity index (χ2n) is 4.95. The Balaban J connectivity index is 1.73. The molecule has 0 aromatic heterocycles. The van der Waals surface area contributed by atoms with Gasteiger partial charge >= 0.3 is 0 Å². The first kappa shape index (κ1) is 13.8. The van der Waals surface area contributed by atoms with Gasteiger partial charge in [0.2, 0.25) is 0 Å². The molecule has 1 aliphatic heterocycles. The fourth-order valence-corrected chi connectivity index (χ4v) is 2.66. The molecule has 1 aromatic rings. The van der Waals surface area contributed by atoms with Gasteiger partial charge in [0.15, 0.2) is 0 Å². The van der Waals surface area contributed by atoms with Crippen LogP contribution in [0.2, 0.25) is 0 Å². The van der Waals surface area contributed by atoms with Gasteiger partial charge in [-0.3, -0.25) is 4.90 Å². The van der Waals surface area contributed by atoms with Gasteiger partial charge < -0.3 is 10.1 Å². The number of halogens is 1. The van der Waals surface area contributed by atoms with E-state index < -0.39 is 0 Å². The van der Waals surface area contributed by atoms with E-state index in [1.54, 1.807) is 0 Å². The maximum absolute atomic E-state index is 5.73. The third kappa shape index (κ3) is 4.26. The van der Waals surface area contributed by atoms with Crippen molar-refractivity contribution < 1.29 is 4.74 Å². The van der Waals surface area contributed by atoms with Crippen molar-refractivity contribution in [2.75, 3.05) is 31.5 Å². The summed E-state index contributed by atoms with van der Waals surface area (Å²) >= 11 is 3.44. The monoisotopic (exact) mass is 312 g/mol. The number of morpholine rings is 1. The van der Waals surface area contributed by atoms with E-state index in [0.29, 0.717) is 12.2 Å². The average Bonchev–Trinajstić information content (AvgIpc) is 2.30. The van der Waals surface area contributed by atoms with Crippen molar-refractivity contribution in [3.05, 3.63) is 28.7 Å². The van der Waals surface area contributed by atoms with E-state index in [2.05, 4.69) is 64.3 Å². The van der Waals surface area contributed by atoms with E-state index in [-0.39, 0.29) is 0 Å². The van der Waals surface area contributed by atoms with E-state index in [0.717, 1.165) is 30.7 Å². The fraction of sp³-hybridized carbons (Fsp3) is 0.571. The second-order valence-corrected chi connectivity index (χ2v) is 5.87. The van der Waals surface area contributed by atoms with Crippen LogP contribution in [0.5, 0.6) is 0 Å². The highest BCUT2D eigenvalue weighted by atomic mass is 79.9. The lowest BCUT2D eigenvalue weighted by molar-refractivity contribution is -0.0667. The van der Waals surface area contributed by atoms with Crippen LogP contribution in [-0.2, 0) is 4.74 Å². The number of rotatable bonds is 4. The van der Waals surface area contributed by atoms with Gasteiger partial charge in [-0.15, -0.1) is 0 Å². The summed E-state index contributed by atoms with van der Waals surface area (Å²) in [6.07, 6.45) is 0.697. The molecule has 0 bridgehead atoms. The molecule has 2 rings (SSSR count). The molecule has 0 spiro atoms. The minimum absolute atomic E-state index is 0.349. The third-order valence-electron chi connectivity index (χ3n) is 3.10. The van der Waals surface area contributed by atoms with Gasteiger partial charge in [0.1, 0.15) is 0 Å². The van der Waals surface area contributed by atoms with Gasteiger partial charge in [0.25, 0.3) is 0 Å². The topological polar surface area (TPSA) is 24.5 Å². The number of hydrogen-bond acceptors (Lipinski definition) is 3. The van der Waals surface area contributed by atoms with Crippen molar-refractivity contribution in [3.63, 3.8) is 0 Å².